The third kappa shape index (κ3) is 6.29. The van der Waals surface area contributed by atoms with Crippen LogP contribution < -0.4 is 5.32 Å². The third-order valence-electron chi connectivity index (χ3n) is 6.03. The molecular weight excluding hydrogens is 395 g/mol. The molecule has 3 rings (SSSR count). The Labute approximate surface area is 183 Å². The molecule has 2 aromatic rings. The van der Waals surface area contributed by atoms with Crippen molar-refractivity contribution in [3.05, 3.63) is 65.5 Å². The van der Waals surface area contributed by atoms with Crippen LogP contribution in [-0.2, 0) is 11.2 Å². The SMILES string of the molecule is CC(C)[C@H](NC(=O)c1ccc(F)cc1)C(=O)N1CCC(CCc2ccc(O)cc2)CC1. The minimum Gasteiger partial charge on any atom is -0.508 e. The minimum absolute atomic E-state index is 0.0517. The first-order valence-electron chi connectivity index (χ1n) is 11.0. The molecule has 2 aromatic carbocycles. The van der Waals surface area contributed by atoms with Gasteiger partial charge in [-0.3, -0.25) is 9.59 Å². The maximum Gasteiger partial charge on any atom is 0.251 e. The summed E-state index contributed by atoms with van der Waals surface area (Å²) in [5, 5.41) is 12.2. The second kappa shape index (κ2) is 10.4. The second-order valence-electron chi connectivity index (χ2n) is 8.68. The molecule has 5 nitrogen and oxygen atoms in total. The molecule has 2 amide bonds. The van der Waals surface area contributed by atoms with E-state index in [1.165, 1.54) is 29.8 Å². The Kier molecular flexibility index (Phi) is 7.66. The number of halogens is 1. The average Bonchev–Trinajstić information content (AvgIpc) is 2.77. The lowest BCUT2D eigenvalue weighted by Crippen LogP contribution is -2.53. The fraction of sp³-hybridized carbons (Fsp3) is 0.440. The lowest BCUT2D eigenvalue weighted by atomic mass is 9.90. The van der Waals surface area contributed by atoms with Gasteiger partial charge in [0, 0.05) is 18.7 Å². The van der Waals surface area contributed by atoms with Gasteiger partial charge in [-0.15, -0.1) is 0 Å². The maximum absolute atomic E-state index is 13.1. The molecule has 6 heteroatoms. The maximum atomic E-state index is 13.1. The van der Waals surface area contributed by atoms with Crippen LogP contribution in [-0.4, -0.2) is 41.0 Å². The molecule has 0 radical (unpaired) electrons. The van der Waals surface area contributed by atoms with Crippen molar-refractivity contribution in [3.63, 3.8) is 0 Å². The van der Waals surface area contributed by atoms with Crippen LogP contribution in [0.5, 0.6) is 5.75 Å². The number of hydrogen-bond acceptors (Lipinski definition) is 3. The van der Waals surface area contributed by atoms with Crippen molar-refractivity contribution in [2.75, 3.05) is 13.1 Å². The van der Waals surface area contributed by atoms with Gasteiger partial charge in [0.1, 0.15) is 17.6 Å². The van der Waals surface area contributed by atoms with E-state index in [0.717, 1.165) is 25.7 Å². The number of hydrogen-bond donors (Lipinski definition) is 2. The van der Waals surface area contributed by atoms with Gasteiger partial charge in [-0.1, -0.05) is 26.0 Å². The van der Waals surface area contributed by atoms with E-state index in [2.05, 4.69) is 5.32 Å². The van der Waals surface area contributed by atoms with Gasteiger partial charge in [0.2, 0.25) is 5.91 Å². The molecule has 0 unspecified atom stereocenters. The number of carbonyl (C=O) groups is 2. The normalized spacial score (nSPS) is 15.7. The number of benzene rings is 2. The number of phenols is 1. The first-order valence-corrected chi connectivity index (χ1v) is 11.0. The van der Waals surface area contributed by atoms with Crippen LogP contribution in [0.4, 0.5) is 4.39 Å². The topological polar surface area (TPSA) is 69.6 Å². The van der Waals surface area contributed by atoms with Crippen molar-refractivity contribution >= 4 is 11.8 Å². The summed E-state index contributed by atoms with van der Waals surface area (Å²) in [6.07, 6.45) is 3.91. The Morgan fingerprint density at radius 1 is 1.06 bits per heavy atom. The van der Waals surface area contributed by atoms with E-state index >= 15 is 0 Å². The second-order valence-corrected chi connectivity index (χ2v) is 8.68. The van der Waals surface area contributed by atoms with E-state index in [0.29, 0.717) is 24.6 Å². The van der Waals surface area contributed by atoms with Gasteiger partial charge >= 0.3 is 0 Å². The van der Waals surface area contributed by atoms with Crippen LogP contribution in [0.2, 0.25) is 0 Å². The molecule has 1 saturated heterocycles. The molecule has 1 aliphatic heterocycles. The van der Waals surface area contributed by atoms with Crippen LogP contribution in [0.25, 0.3) is 0 Å². The van der Waals surface area contributed by atoms with Gasteiger partial charge in [-0.2, -0.15) is 0 Å². The first kappa shape index (κ1) is 22.8. The zero-order chi connectivity index (χ0) is 22.4. The van der Waals surface area contributed by atoms with E-state index in [9.17, 15) is 19.1 Å². The van der Waals surface area contributed by atoms with E-state index < -0.39 is 11.9 Å². The van der Waals surface area contributed by atoms with E-state index in [4.69, 9.17) is 0 Å². The molecule has 166 valence electrons. The fourth-order valence-corrected chi connectivity index (χ4v) is 4.01. The number of amides is 2. The quantitative estimate of drug-likeness (QED) is 0.699. The molecule has 0 aliphatic carbocycles. The van der Waals surface area contributed by atoms with Gasteiger partial charge in [0.05, 0.1) is 0 Å². The Bertz CT molecular complexity index is 873. The van der Waals surface area contributed by atoms with Gasteiger partial charge in [0.25, 0.3) is 5.91 Å². The summed E-state index contributed by atoms with van der Waals surface area (Å²) in [5.74, 6) is -0.0327. The number of aromatic hydroxyl groups is 1. The number of rotatable bonds is 7. The van der Waals surface area contributed by atoms with Crippen LogP contribution >= 0.6 is 0 Å². The van der Waals surface area contributed by atoms with Crippen LogP contribution in [0.3, 0.4) is 0 Å². The molecule has 1 atom stereocenters. The molecule has 0 saturated carbocycles. The summed E-state index contributed by atoms with van der Waals surface area (Å²) < 4.78 is 13.1. The minimum atomic E-state index is -0.605. The smallest absolute Gasteiger partial charge is 0.251 e. The average molecular weight is 427 g/mol. The largest absolute Gasteiger partial charge is 0.508 e. The van der Waals surface area contributed by atoms with Crippen LogP contribution in [0, 0.1) is 17.7 Å². The molecule has 0 bridgehead atoms. The third-order valence-corrected chi connectivity index (χ3v) is 6.03. The molecule has 1 aliphatic rings. The predicted octanol–water partition coefficient (Wildman–Crippen LogP) is 4.16. The van der Waals surface area contributed by atoms with Crippen molar-refractivity contribution in [2.45, 2.75) is 45.6 Å². The van der Waals surface area contributed by atoms with Gasteiger partial charge in [0.15, 0.2) is 0 Å². The zero-order valence-corrected chi connectivity index (χ0v) is 18.2. The van der Waals surface area contributed by atoms with Crippen molar-refractivity contribution in [1.82, 2.24) is 10.2 Å². The van der Waals surface area contributed by atoms with Crippen molar-refractivity contribution in [1.29, 1.82) is 0 Å². The first-order chi connectivity index (χ1) is 14.8. The molecule has 0 aromatic heterocycles. The Morgan fingerprint density at radius 2 is 1.68 bits per heavy atom. The van der Waals surface area contributed by atoms with Gasteiger partial charge in [-0.05, 0) is 79.5 Å². The molecule has 2 N–H and O–H groups in total. The van der Waals surface area contributed by atoms with Crippen molar-refractivity contribution in [2.24, 2.45) is 11.8 Å². The number of piperidine rings is 1. The summed E-state index contributed by atoms with van der Waals surface area (Å²) in [7, 11) is 0. The summed E-state index contributed by atoms with van der Waals surface area (Å²) in [6.45, 7) is 5.21. The molecular formula is C25H31FN2O3. The molecule has 0 spiro atoms. The highest BCUT2D eigenvalue weighted by Crippen LogP contribution is 2.24. The van der Waals surface area contributed by atoms with Crippen LogP contribution in [0.1, 0.15) is 49.0 Å². The van der Waals surface area contributed by atoms with Crippen LogP contribution in [0.15, 0.2) is 48.5 Å². The lowest BCUT2D eigenvalue weighted by Gasteiger charge is -2.35. The van der Waals surface area contributed by atoms with E-state index in [-0.39, 0.29) is 23.5 Å². The summed E-state index contributed by atoms with van der Waals surface area (Å²) in [5.41, 5.74) is 1.55. The van der Waals surface area contributed by atoms with E-state index in [1.807, 2.05) is 30.9 Å². The monoisotopic (exact) mass is 426 g/mol. The number of aryl methyl sites for hydroxylation is 1. The molecule has 31 heavy (non-hydrogen) atoms. The number of nitrogens with one attached hydrogen (secondary N) is 1. The lowest BCUT2D eigenvalue weighted by molar-refractivity contribution is -0.135. The van der Waals surface area contributed by atoms with Crippen molar-refractivity contribution < 1.29 is 19.1 Å². The molecule has 1 fully saturated rings. The Morgan fingerprint density at radius 3 is 2.26 bits per heavy atom. The summed E-state index contributed by atoms with van der Waals surface area (Å²) >= 11 is 0. The highest BCUT2D eigenvalue weighted by molar-refractivity contribution is 5.97. The fourth-order valence-electron chi connectivity index (χ4n) is 4.01. The summed E-state index contributed by atoms with van der Waals surface area (Å²) in [4.78, 5) is 27.5. The number of likely N-dealkylation sites (tertiary alicyclic amines) is 1. The number of phenolic OH excluding ortho intramolecular Hbond substituents is 1. The predicted molar refractivity (Wildman–Crippen MR) is 118 cm³/mol. The standard InChI is InChI=1S/C25H31FN2O3/c1-17(2)23(27-24(30)20-7-9-21(26)10-8-20)25(31)28-15-13-19(14-16-28)4-3-18-5-11-22(29)12-6-18/h5-12,17,19,23,29H,3-4,13-16H2,1-2H3,(H,27,30)/t23-/m0/s1. The van der Waals surface area contributed by atoms with Gasteiger partial charge in [-0.25, -0.2) is 4.39 Å². The molecule has 1 heterocycles. The van der Waals surface area contributed by atoms with Crippen molar-refractivity contribution in [3.8, 4) is 5.75 Å². The highest BCUT2D eigenvalue weighted by atomic mass is 19.1. The Balaban J connectivity index is 1.51. The zero-order valence-electron chi connectivity index (χ0n) is 18.2. The van der Waals surface area contributed by atoms with Gasteiger partial charge < -0.3 is 15.3 Å². The highest BCUT2D eigenvalue weighted by Gasteiger charge is 2.31. The van der Waals surface area contributed by atoms with E-state index in [1.54, 1.807) is 12.1 Å². The Hall–Kier alpha value is -2.89. The summed E-state index contributed by atoms with van der Waals surface area (Å²) in [6, 6.07) is 12.0. The number of nitrogens with zero attached hydrogens (tertiary/aromatic N) is 1. The number of carbonyl (C=O) groups excluding carboxylic acids is 2.